The Morgan fingerprint density at radius 2 is 1.52 bits per heavy atom. The lowest BCUT2D eigenvalue weighted by molar-refractivity contribution is -0.192. The first kappa shape index (κ1) is 34.9. The van der Waals surface area contributed by atoms with Gasteiger partial charge in [0.1, 0.15) is 11.5 Å². The normalized spacial score (nSPS) is 17.3. The van der Waals surface area contributed by atoms with Crippen molar-refractivity contribution in [3.05, 3.63) is 72.3 Å². The number of hydrogen-bond donors (Lipinski definition) is 2. The van der Waals surface area contributed by atoms with E-state index < -0.39 is 18.1 Å². The Hall–Kier alpha value is -4.41. The molecule has 0 aromatic heterocycles. The van der Waals surface area contributed by atoms with E-state index in [1.807, 2.05) is 12.1 Å². The number of methoxy groups -OCH3 is 1. The predicted molar refractivity (Wildman–Crippen MR) is 178 cm³/mol. The Kier molecular flexibility index (Phi) is 11.4. The first-order valence-electron chi connectivity index (χ1n) is 16.5. The number of carboxylic acids is 2. The van der Waals surface area contributed by atoms with Crippen molar-refractivity contribution >= 4 is 23.3 Å². The fourth-order valence-corrected chi connectivity index (χ4v) is 6.60. The van der Waals surface area contributed by atoms with Crippen LogP contribution >= 0.6 is 0 Å². The van der Waals surface area contributed by atoms with Gasteiger partial charge in [-0.1, -0.05) is 24.3 Å². The largest absolute Gasteiger partial charge is 0.497 e. The summed E-state index contributed by atoms with van der Waals surface area (Å²) in [6.07, 6.45) is 2.06. The van der Waals surface area contributed by atoms with Crippen LogP contribution in [-0.2, 0) is 9.59 Å². The van der Waals surface area contributed by atoms with Crippen LogP contribution in [0.3, 0.4) is 0 Å². The van der Waals surface area contributed by atoms with Gasteiger partial charge in [-0.3, -0.25) is 4.79 Å². The number of aliphatic carboxylic acids is 2. The van der Waals surface area contributed by atoms with Gasteiger partial charge in [0, 0.05) is 49.2 Å². The molecule has 3 aromatic carbocycles. The van der Waals surface area contributed by atoms with E-state index in [9.17, 15) is 23.1 Å². The molecule has 2 aliphatic heterocycles. The zero-order valence-corrected chi connectivity index (χ0v) is 27.1. The van der Waals surface area contributed by atoms with Gasteiger partial charge in [-0.2, -0.15) is 13.2 Å². The van der Waals surface area contributed by atoms with Crippen LogP contribution in [0.25, 0.3) is 11.1 Å². The number of ether oxygens (including phenoxy) is 2. The van der Waals surface area contributed by atoms with E-state index in [4.69, 9.17) is 19.4 Å². The number of hydrogen-bond acceptors (Lipinski definition) is 6. The predicted octanol–water partition coefficient (Wildman–Crippen LogP) is 7.86. The number of benzene rings is 3. The third-order valence-electron chi connectivity index (χ3n) is 9.41. The molecule has 11 heteroatoms. The van der Waals surface area contributed by atoms with Gasteiger partial charge in [-0.15, -0.1) is 0 Å². The Bertz CT molecular complexity index is 1530. The minimum atomic E-state index is -5.08. The number of anilines is 2. The molecule has 3 aliphatic rings. The summed E-state index contributed by atoms with van der Waals surface area (Å²) in [7, 11) is 1.73. The standard InChI is InChI=1S/C35H42N2O4.C2HF3O2/c1-40-30-13-14-32(26-9-11-29(12-10-26)36-17-2-3-18-36)34(22-30)37-19-15-25(16-20-37)24-41-31-6-4-5-28(21-31)33(23-35(38)39)27-7-8-27;3-2(4,5)1(6)7/h4-6,9-14,21-22,25,27,33H,2-3,7-8,15-20,23-24H2,1H3,(H,38,39);(H,6,7)/t33-;/m0./s1. The highest BCUT2D eigenvalue weighted by molar-refractivity contribution is 5.81. The van der Waals surface area contributed by atoms with E-state index in [2.05, 4.69) is 64.4 Å². The van der Waals surface area contributed by atoms with Crippen LogP contribution in [0.15, 0.2) is 66.7 Å². The second kappa shape index (κ2) is 15.7. The second-order valence-electron chi connectivity index (χ2n) is 12.8. The van der Waals surface area contributed by atoms with Gasteiger partial charge in [0.25, 0.3) is 0 Å². The lowest BCUT2D eigenvalue weighted by atomic mass is 9.91. The molecule has 1 saturated carbocycles. The number of halogens is 3. The number of carbonyl (C=O) groups is 2. The smallest absolute Gasteiger partial charge is 0.490 e. The summed E-state index contributed by atoms with van der Waals surface area (Å²) in [5.41, 5.74) is 6.13. The zero-order chi connectivity index (χ0) is 34.3. The topological polar surface area (TPSA) is 99.5 Å². The highest BCUT2D eigenvalue weighted by Crippen LogP contribution is 2.45. The van der Waals surface area contributed by atoms with Crippen LogP contribution in [0.1, 0.15) is 56.4 Å². The summed E-state index contributed by atoms with van der Waals surface area (Å²) in [6, 6.07) is 23.6. The highest BCUT2D eigenvalue weighted by Gasteiger charge is 2.38. The van der Waals surface area contributed by atoms with Gasteiger partial charge in [0.2, 0.25) is 0 Å². The van der Waals surface area contributed by atoms with Crippen LogP contribution in [0, 0.1) is 11.8 Å². The summed E-state index contributed by atoms with van der Waals surface area (Å²) >= 11 is 0. The Morgan fingerprint density at radius 1 is 0.854 bits per heavy atom. The van der Waals surface area contributed by atoms with Crippen molar-refractivity contribution in [3.8, 4) is 22.6 Å². The summed E-state index contributed by atoms with van der Waals surface area (Å²) in [5.74, 6) is -0.667. The fraction of sp³-hybridized carbons (Fsp3) is 0.459. The third-order valence-corrected chi connectivity index (χ3v) is 9.41. The van der Waals surface area contributed by atoms with Crippen LogP contribution < -0.4 is 19.3 Å². The number of alkyl halides is 3. The molecule has 2 saturated heterocycles. The molecule has 3 aromatic rings. The van der Waals surface area contributed by atoms with Gasteiger partial charge in [-0.25, -0.2) is 4.79 Å². The molecule has 1 atom stereocenters. The van der Waals surface area contributed by atoms with Gasteiger partial charge in [0.15, 0.2) is 0 Å². The molecule has 6 rings (SSSR count). The van der Waals surface area contributed by atoms with Crippen LogP contribution in [0.5, 0.6) is 11.5 Å². The molecule has 0 radical (unpaired) electrons. The number of carboxylic acid groups (broad SMARTS) is 2. The van der Waals surface area contributed by atoms with Gasteiger partial charge < -0.3 is 29.5 Å². The molecule has 0 spiro atoms. The number of nitrogens with zero attached hydrogens (tertiary/aromatic N) is 2. The van der Waals surface area contributed by atoms with Crippen LogP contribution in [-0.4, -0.2) is 68.2 Å². The SMILES string of the molecule is COc1ccc(-c2ccc(N3CCCC3)cc2)c(N2CCC(COc3cccc([C@@H](CC(=O)O)C4CC4)c3)CC2)c1.O=C(O)C(F)(F)F. The van der Waals surface area contributed by atoms with Crippen LogP contribution in [0.2, 0.25) is 0 Å². The van der Waals surface area contributed by atoms with Gasteiger partial charge in [-0.05, 0) is 104 Å². The second-order valence-corrected chi connectivity index (χ2v) is 12.8. The van der Waals surface area contributed by atoms with E-state index in [-0.39, 0.29) is 12.3 Å². The van der Waals surface area contributed by atoms with Crippen molar-refractivity contribution < 1.29 is 42.4 Å². The van der Waals surface area contributed by atoms with E-state index in [0.29, 0.717) is 18.4 Å². The monoisotopic (exact) mass is 668 g/mol. The van der Waals surface area contributed by atoms with Gasteiger partial charge >= 0.3 is 18.1 Å². The molecule has 1 aliphatic carbocycles. The lowest BCUT2D eigenvalue weighted by Crippen LogP contribution is -2.35. The molecule has 258 valence electrons. The summed E-state index contributed by atoms with van der Waals surface area (Å²) < 4.78 is 43.6. The zero-order valence-electron chi connectivity index (χ0n) is 27.1. The lowest BCUT2D eigenvalue weighted by Gasteiger charge is -2.35. The quantitative estimate of drug-likeness (QED) is 0.213. The molecular formula is C37H43F3N2O6. The van der Waals surface area contributed by atoms with E-state index >= 15 is 0 Å². The number of rotatable bonds is 11. The fourth-order valence-electron chi connectivity index (χ4n) is 6.60. The molecular weight excluding hydrogens is 625 g/mol. The minimum Gasteiger partial charge on any atom is -0.497 e. The molecule has 0 unspecified atom stereocenters. The maximum absolute atomic E-state index is 11.4. The van der Waals surface area contributed by atoms with Crippen molar-refractivity contribution in [2.24, 2.45) is 11.8 Å². The van der Waals surface area contributed by atoms with Crippen molar-refractivity contribution in [1.82, 2.24) is 0 Å². The minimum absolute atomic E-state index is 0.0905. The molecule has 3 fully saturated rings. The molecule has 8 nitrogen and oxygen atoms in total. The first-order valence-corrected chi connectivity index (χ1v) is 16.5. The van der Waals surface area contributed by atoms with E-state index in [0.717, 1.165) is 68.9 Å². The van der Waals surface area contributed by atoms with Crippen molar-refractivity contribution in [2.75, 3.05) is 49.7 Å². The molecule has 0 bridgehead atoms. The maximum Gasteiger partial charge on any atom is 0.490 e. The maximum atomic E-state index is 11.4. The summed E-state index contributed by atoms with van der Waals surface area (Å²) in [6.45, 7) is 4.95. The van der Waals surface area contributed by atoms with Crippen molar-refractivity contribution in [3.63, 3.8) is 0 Å². The highest BCUT2D eigenvalue weighted by atomic mass is 19.4. The van der Waals surface area contributed by atoms with E-state index in [1.54, 1.807) is 7.11 Å². The Labute approximate surface area is 279 Å². The first-order chi connectivity index (χ1) is 23.0. The molecule has 2 heterocycles. The molecule has 0 amide bonds. The van der Waals surface area contributed by atoms with Crippen LogP contribution in [0.4, 0.5) is 24.5 Å². The average Bonchev–Trinajstić information content (AvgIpc) is 3.78. The number of piperidine rings is 1. The van der Waals surface area contributed by atoms with Gasteiger partial charge in [0.05, 0.1) is 20.1 Å². The average molecular weight is 669 g/mol. The Morgan fingerprint density at radius 3 is 2.10 bits per heavy atom. The van der Waals surface area contributed by atoms with E-state index in [1.165, 1.54) is 35.3 Å². The van der Waals surface area contributed by atoms with Crippen molar-refractivity contribution in [2.45, 2.75) is 57.0 Å². The molecule has 2 N–H and O–H groups in total. The van der Waals surface area contributed by atoms with Crippen molar-refractivity contribution in [1.29, 1.82) is 0 Å². The third kappa shape index (κ3) is 9.35. The Balaban J connectivity index is 0.000000582. The summed E-state index contributed by atoms with van der Waals surface area (Å²) in [5, 5.41) is 16.5. The summed E-state index contributed by atoms with van der Waals surface area (Å²) in [4.78, 5) is 25.3. The molecule has 48 heavy (non-hydrogen) atoms.